The molecular weight excluding hydrogens is 195 g/mol. The Morgan fingerprint density at radius 1 is 1.47 bits per heavy atom. The molecule has 0 unspecified atom stereocenters. The van der Waals surface area contributed by atoms with E-state index in [-0.39, 0.29) is 22.7 Å². The van der Waals surface area contributed by atoms with E-state index in [9.17, 15) is 9.18 Å². The summed E-state index contributed by atoms with van der Waals surface area (Å²) in [5.74, 6) is -0.608. The van der Waals surface area contributed by atoms with Crippen LogP contribution in [0.3, 0.4) is 0 Å². The molecule has 0 heterocycles. The maximum Gasteiger partial charge on any atom is 0.160 e. The van der Waals surface area contributed by atoms with Gasteiger partial charge in [0.25, 0.3) is 0 Å². The van der Waals surface area contributed by atoms with Gasteiger partial charge in [-0.25, -0.2) is 9.38 Å². The average molecular weight is 206 g/mol. The standard InChI is InChI=1S/C11H11FN2O/c1-7(15)8-5-4-6-9(12)10(8)11(13-2)14-3/h4-6H,2H2,1,3H3/b14-11-. The molecule has 0 aliphatic carbocycles. The fraction of sp³-hybridized carbons (Fsp3) is 0.182. The van der Waals surface area contributed by atoms with Crippen molar-refractivity contribution in [3.8, 4) is 0 Å². The molecule has 0 fully saturated rings. The number of carbonyl (C=O) groups excluding carboxylic acids is 1. The van der Waals surface area contributed by atoms with E-state index in [1.165, 1.54) is 32.2 Å². The lowest BCUT2D eigenvalue weighted by atomic mass is 10.0. The Balaban J connectivity index is 3.50. The van der Waals surface area contributed by atoms with Gasteiger partial charge in [0.1, 0.15) is 5.82 Å². The second-order valence-electron chi connectivity index (χ2n) is 2.92. The van der Waals surface area contributed by atoms with Gasteiger partial charge in [-0.05, 0) is 19.7 Å². The summed E-state index contributed by atoms with van der Waals surface area (Å²) in [4.78, 5) is 18.6. The van der Waals surface area contributed by atoms with Crippen molar-refractivity contribution in [3.63, 3.8) is 0 Å². The summed E-state index contributed by atoms with van der Waals surface area (Å²) < 4.78 is 13.5. The van der Waals surface area contributed by atoms with Crippen molar-refractivity contribution >= 4 is 18.3 Å². The molecule has 15 heavy (non-hydrogen) atoms. The molecule has 3 nitrogen and oxygen atoms in total. The van der Waals surface area contributed by atoms with Crippen LogP contribution in [0.25, 0.3) is 0 Å². The number of ketones is 1. The normalized spacial score (nSPS) is 11.3. The van der Waals surface area contributed by atoms with Crippen LogP contribution >= 0.6 is 0 Å². The summed E-state index contributed by atoms with van der Waals surface area (Å²) in [5, 5.41) is 0. The first-order valence-corrected chi connectivity index (χ1v) is 4.35. The zero-order valence-electron chi connectivity index (χ0n) is 8.62. The molecule has 0 saturated heterocycles. The highest BCUT2D eigenvalue weighted by molar-refractivity contribution is 6.10. The summed E-state index contributed by atoms with van der Waals surface area (Å²) in [6.07, 6.45) is 0. The molecule has 1 rings (SSSR count). The van der Waals surface area contributed by atoms with Crippen molar-refractivity contribution < 1.29 is 9.18 Å². The van der Waals surface area contributed by atoms with E-state index in [0.29, 0.717) is 0 Å². The van der Waals surface area contributed by atoms with Crippen LogP contribution in [0.4, 0.5) is 4.39 Å². The van der Waals surface area contributed by atoms with Crippen molar-refractivity contribution in [2.24, 2.45) is 9.98 Å². The first-order valence-electron chi connectivity index (χ1n) is 4.35. The number of nitrogens with zero attached hydrogens (tertiary/aromatic N) is 2. The van der Waals surface area contributed by atoms with Crippen LogP contribution in [-0.2, 0) is 0 Å². The van der Waals surface area contributed by atoms with Crippen molar-refractivity contribution in [1.82, 2.24) is 0 Å². The van der Waals surface area contributed by atoms with Crippen LogP contribution in [0.15, 0.2) is 28.2 Å². The predicted octanol–water partition coefficient (Wildman–Crippen LogP) is 2.11. The van der Waals surface area contributed by atoms with Gasteiger partial charge in [-0.3, -0.25) is 9.79 Å². The second-order valence-corrected chi connectivity index (χ2v) is 2.92. The number of aliphatic imine (C=N–C) groups is 2. The third kappa shape index (κ3) is 2.15. The van der Waals surface area contributed by atoms with E-state index >= 15 is 0 Å². The van der Waals surface area contributed by atoms with Crippen LogP contribution in [0.2, 0.25) is 0 Å². The van der Waals surface area contributed by atoms with E-state index in [4.69, 9.17) is 0 Å². The topological polar surface area (TPSA) is 41.8 Å². The van der Waals surface area contributed by atoms with Crippen molar-refractivity contribution in [2.75, 3.05) is 7.05 Å². The number of Topliss-reactive ketones (excluding diaryl/α,β-unsaturated/α-hetero) is 1. The molecule has 0 saturated carbocycles. The van der Waals surface area contributed by atoms with Gasteiger partial charge in [-0.1, -0.05) is 12.1 Å². The SMILES string of the molecule is C=N/C(=N\C)c1c(F)cccc1C(C)=O. The maximum atomic E-state index is 13.5. The molecule has 0 N–H and O–H groups in total. The van der Waals surface area contributed by atoms with Crippen molar-refractivity contribution in [3.05, 3.63) is 35.1 Å². The molecule has 0 amide bonds. The molecule has 1 aromatic rings. The number of hydrogen-bond donors (Lipinski definition) is 0. The number of carbonyl (C=O) groups is 1. The van der Waals surface area contributed by atoms with E-state index in [0.717, 1.165) is 0 Å². The minimum Gasteiger partial charge on any atom is -0.294 e. The molecular formula is C11H11FN2O. The summed E-state index contributed by atoms with van der Waals surface area (Å²) in [5.41, 5.74) is 0.380. The van der Waals surface area contributed by atoms with Gasteiger partial charge in [0, 0.05) is 12.6 Å². The Labute approximate surface area is 87.4 Å². The van der Waals surface area contributed by atoms with Gasteiger partial charge in [0.2, 0.25) is 0 Å². The minimum absolute atomic E-state index is 0.113. The third-order valence-electron chi connectivity index (χ3n) is 1.98. The Bertz CT molecular complexity index is 438. The summed E-state index contributed by atoms with van der Waals surface area (Å²) in [6.45, 7) is 4.66. The zero-order chi connectivity index (χ0) is 11.4. The van der Waals surface area contributed by atoms with Gasteiger partial charge in [-0.15, -0.1) is 0 Å². The van der Waals surface area contributed by atoms with E-state index in [1.807, 2.05) is 0 Å². The predicted molar refractivity (Wildman–Crippen MR) is 58.4 cm³/mol. The van der Waals surface area contributed by atoms with E-state index in [1.54, 1.807) is 0 Å². The number of rotatable bonds is 2. The van der Waals surface area contributed by atoms with Crippen LogP contribution in [-0.4, -0.2) is 25.4 Å². The van der Waals surface area contributed by atoms with Crippen LogP contribution < -0.4 is 0 Å². The summed E-state index contributed by atoms with van der Waals surface area (Å²) in [7, 11) is 1.47. The molecule has 0 radical (unpaired) electrons. The number of halogens is 1. The molecule has 4 heteroatoms. The van der Waals surface area contributed by atoms with Gasteiger partial charge < -0.3 is 0 Å². The van der Waals surface area contributed by atoms with Crippen molar-refractivity contribution in [1.29, 1.82) is 0 Å². The molecule has 0 spiro atoms. The molecule has 0 aliphatic heterocycles. The van der Waals surface area contributed by atoms with E-state index < -0.39 is 5.82 Å². The number of hydrogen-bond acceptors (Lipinski definition) is 2. The largest absolute Gasteiger partial charge is 0.294 e. The Hall–Kier alpha value is -1.84. The molecule has 78 valence electrons. The van der Waals surface area contributed by atoms with Crippen LogP contribution in [0.5, 0.6) is 0 Å². The highest BCUT2D eigenvalue weighted by atomic mass is 19.1. The maximum absolute atomic E-state index is 13.5. The first-order chi connectivity index (χ1) is 7.11. The molecule has 0 aliphatic rings. The Morgan fingerprint density at radius 2 is 2.13 bits per heavy atom. The lowest BCUT2D eigenvalue weighted by molar-refractivity contribution is 0.101. The summed E-state index contributed by atoms with van der Waals surface area (Å²) >= 11 is 0. The fourth-order valence-corrected chi connectivity index (χ4v) is 1.31. The number of benzene rings is 1. The smallest absolute Gasteiger partial charge is 0.160 e. The second kappa shape index (κ2) is 4.59. The van der Waals surface area contributed by atoms with Gasteiger partial charge >= 0.3 is 0 Å². The Kier molecular flexibility index (Phi) is 3.44. The third-order valence-corrected chi connectivity index (χ3v) is 1.98. The number of amidine groups is 1. The summed E-state index contributed by atoms with van der Waals surface area (Å²) in [6, 6.07) is 4.28. The monoisotopic (exact) mass is 206 g/mol. The lowest BCUT2D eigenvalue weighted by Crippen LogP contribution is -2.08. The fourth-order valence-electron chi connectivity index (χ4n) is 1.31. The van der Waals surface area contributed by atoms with Gasteiger partial charge in [0.15, 0.2) is 11.6 Å². The van der Waals surface area contributed by atoms with Gasteiger partial charge in [-0.2, -0.15) is 0 Å². The van der Waals surface area contributed by atoms with Gasteiger partial charge in [0.05, 0.1) is 5.56 Å². The minimum atomic E-state index is -0.518. The molecule has 0 aromatic heterocycles. The zero-order valence-corrected chi connectivity index (χ0v) is 8.62. The molecule has 0 bridgehead atoms. The molecule has 1 aromatic carbocycles. The average Bonchev–Trinajstić information content (AvgIpc) is 2.21. The highest BCUT2D eigenvalue weighted by Crippen LogP contribution is 2.16. The quantitative estimate of drug-likeness (QED) is 0.415. The van der Waals surface area contributed by atoms with Crippen molar-refractivity contribution in [2.45, 2.75) is 6.92 Å². The first kappa shape index (κ1) is 11.2. The van der Waals surface area contributed by atoms with Crippen LogP contribution in [0, 0.1) is 5.82 Å². The van der Waals surface area contributed by atoms with Crippen LogP contribution in [0.1, 0.15) is 22.8 Å². The van der Waals surface area contributed by atoms with E-state index in [2.05, 4.69) is 16.7 Å². The highest BCUT2D eigenvalue weighted by Gasteiger charge is 2.15. The Morgan fingerprint density at radius 3 is 2.60 bits per heavy atom. The lowest BCUT2D eigenvalue weighted by Gasteiger charge is -2.06. The molecule has 0 atom stereocenters.